The highest BCUT2D eigenvalue weighted by Crippen LogP contribution is 2.01. The number of hydrogen-bond donors (Lipinski definition) is 0. The normalized spacial score (nSPS) is 11.6. The summed E-state index contributed by atoms with van der Waals surface area (Å²) < 4.78 is 14.3. The molecule has 0 aliphatic heterocycles. The van der Waals surface area contributed by atoms with Crippen molar-refractivity contribution < 1.29 is 23.8 Å². The zero-order valence-corrected chi connectivity index (χ0v) is 9.73. The largest absolute Gasteiger partial charge is 0.467 e. The van der Waals surface area contributed by atoms with E-state index in [0.717, 1.165) is 6.42 Å². The Morgan fingerprint density at radius 2 is 2.06 bits per heavy atom. The van der Waals surface area contributed by atoms with Crippen molar-refractivity contribution in [3.63, 3.8) is 0 Å². The predicted molar refractivity (Wildman–Crippen MR) is 57.8 cm³/mol. The van der Waals surface area contributed by atoms with Gasteiger partial charge in [0.05, 0.1) is 13.7 Å². The number of methoxy groups -OCH3 is 1. The average molecular weight is 230 g/mol. The molecule has 0 aromatic carbocycles. The molecule has 0 N–H and O–H groups in total. The van der Waals surface area contributed by atoms with Crippen LogP contribution in [0.5, 0.6) is 0 Å². The molecular weight excluding hydrogens is 212 g/mol. The molecule has 0 saturated carbocycles. The third-order valence-corrected chi connectivity index (χ3v) is 1.75. The SMILES string of the molecule is C=CCCCOC(C(=O)OC)C(=O)OCC. The second kappa shape index (κ2) is 8.91. The van der Waals surface area contributed by atoms with Crippen molar-refractivity contribution in [3.8, 4) is 0 Å². The summed E-state index contributed by atoms with van der Waals surface area (Å²) in [6.45, 7) is 5.69. The Morgan fingerprint density at radius 3 is 2.56 bits per heavy atom. The zero-order valence-electron chi connectivity index (χ0n) is 9.73. The molecule has 0 bridgehead atoms. The van der Waals surface area contributed by atoms with Crippen LogP contribution in [-0.4, -0.2) is 38.4 Å². The van der Waals surface area contributed by atoms with Gasteiger partial charge in [-0.25, -0.2) is 9.59 Å². The zero-order chi connectivity index (χ0) is 12.4. The van der Waals surface area contributed by atoms with Gasteiger partial charge in [-0.2, -0.15) is 0 Å². The molecule has 0 aliphatic rings. The maximum Gasteiger partial charge on any atom is 0.347 e. The van der Waals surface area contributed by atoms with Gasteiger partial charge in [-0.3, -0.25) is 0 Å². The van der Waals surface area contributed by atoms with Gasteiger partial charge in [0.2, 0.25) is 0 Å². The molecule has 5 nitrogen and oxygen atoms in total. The van der Waals surface area contributed by atoms with Gasteiger partial charge in [0.1, 0.15) is 0 Å². The summed E-state index contributed by atoms with van der Waals surface area (Å²) in [6.07, 6.45) is 1.91. The fraction of sp³-hybridized carbons (Fsp3) is 0.636. The summed E-state index contributed by atoms with van der Waals surface area (Å²) in [6, 6.07) is 0. The number of rotatable bonds is 8. The molecule has 0 aliphatic carbocycles. The monoisotopic (exact) mass is 230 g/mol. The number of esters is 2. The lowest BCUT2D eigenvalue weighted by Crippen LogP contribution is -2.35. The van der Waals surface area contributed by atoms with Gasteiger partial charge in [-0.15, -0.1) is 6.58 Å². The highest BCUT2D eigenvalue weighted by molar-refractivity contribution is 5.97. The van der Waals surface area contributed by atoms with E-state index in [2.05, 4.69) is 11.3 Å². The van der Waals surface area contributed by atoms with E-state index in [1.165, 1.54) is 7.11 Å². The van der Waals surface area contributed by atoms with E-state index in [4.69, 9.17) is 9.47 Å². The van der Waals surface area contributed by atoms with Crippen LogP contribution in [-0.2, 0) is 23.8 Å². The van der Waals surface area contributed by atoms with Crippen molar-refractivity contribution in [1.82, 2.24) is 0 Å². The Hall–Kier alpha value is -1.36. The molecule has 16 heavy (non-hydrogen) atoms. The minimum Gasteiger partial charge on any atom is -0.467 e. The molecule has 0 fully saturated rings. The van der Waals surface area contributed by atoms with Gasteiger partial charge in [0.15, 0.2) is 0 Å². The van der Waals surface area contributed by atoms with Crippen LogP contribution in [0.3, 0.4) is 0 Å². The summed E-state index contributed by atoms with van der Waals surface area (Å²) in [5.41, 5.74) is 0. The molecule has 0 amide bonds. The number of allylic oxidation sites excluding steroid dienone is 1. The molecule has 1 atom stereocenters. The summed E-state index contributed by atoms with van der Waals surface area (Å²) in [4.78, 5) is 22.6. The summed E-state index contributed by atoms with van der Waals surface area (Å²) in [5.74, 6) is -1.45. The second-order valence-corrected chi connectivity index (χ2v) is 2.96. The molecule has 0 rings (SSSR count). The molecule has 1 unspecified atom stereocenters. The Morgan fingerprint density at radius 1 is 1.38 bits per heavy atom. The lowest BCUT2D eigenvalue weighted by Gasteiger charge is -2.13. The number of carbonyl (C=O) groups excluding carboxylic acids is 2. The molecule has 0 heterocycles. The molecule has 0 aromatic rings. The fourth-order valence-electron chi connectivity index (χ4n) is 0.986. The molecule has 92 valence electrons. The third kappa shape index (κ3) is 5.50. The summed E-state index contributed by atoms with van der Waals surface area (Å²) in [7, 11) is 1.20. The molecule has 0 saturated heterocycles. The quantitative estimate of drug-likeness (QED) is 0.270. The Labute approximate surface area is 95.4 Å². The summed E-state index contributed by atoms with van der Waals surface area (Å²) >= 11 is 0. The molecular formula is C11H18O5. The van der Waals surface area contributed by atoms with E-state index in [1.807, 2.05) is 0 Å². The van der Waals surface area contributed by atoms with Gasteiger partial charge < -0.3 is 14.2 Å². The van der Waals surface area contributed by atoms with Gasteiger partial charge in [-0.1, -0.05) is 6.08 Å². The van der Waals surface area contributed by atoms with E-state index in [-0.39, 0.29) is 13.2 Å². The van der Waals surface area contributed by atoms with Crippen molar-refractivity contribution in [2.24, 2.45) is 0 Å². The Balaban J connectivity index is 4.15. The van der Waals surface area contributed by atoms with Crippen molar-refractivity contribution in [3.05, 3.63) is 12.7 Å². The number of carbonyl (C=O) groups is 2. The maximum atomic E-state index is 11.3. The molecule has 0 radical (unpaired) electrons. The second-order valence-electron chi connectivity index (χ2n) is 2.96. The van der Waals surface area contributed by atoms with Crippen LogP contribution in [0, 0.1) is 0 Å². The van der Waals surface area contributed by atoms with E-state index in [9.17, 15) is 9.59 Å². The van der Waals surface area contributed by atoms with Crippen LogP contribution in [0.1, 0.15) is 19.8 Å². The minimum atomic E-state index is -1.28. The van der Waals surface area contributed by atoms with Crippen molar-refractivity contribution in [2.45, 2.75) is 25.9 Å². The first-order chi connectivity index (χ1) is 7.67. The van der Waals surface area contributed by atoms with Crippen LogP contribution in [0.25, 0.3) is 0 Å². The van der Waals surface area contributed by atoms with Gasteiger partial charge >= 0.3 is 11.9 Å². The van der Waals surface area contributed by atoms with Crippen molar-refractivity contribution >= 4 is 11.9 Å². The predicted octanol–water partition coefficient (Wildman–Crippen LogP) is 1.07. The van der Waals surface area contributed by atoms with E-state index in [1.54, 1.807) is 13.0 Å². The number of ether oxygens (including phenoxy) is 3. The van der Waals surface area contributed by atoms with E-state index < -0.39 is 18.0 Å². The van der Waals surface area contributed by atoms with Crippen LogP contribution in [0.15, 0.2) is 12.7 Å². The van der Waals surface area contributed by atoms with Gasteiger partial charge in [-0.05, 0) is 19.8 Å². The minimum absolute atomic E-state index is 0.197. The smallest absolute Gasteiger partial charge is 0.347 e. The highest BCUT2D eigenvalue weighted by Gasteiger charge is 2.29. The third-order valence-electron chi connectivity index (χ3n) is 1.75. The number of hydrogen-bond acceptors (Lipinski definition) is 5. The topological polar surface area (TPSA) is 61.8 Å². The molecule has 0 aromatic heterocycles. The van der Waals surface area contributed by atoms with Crippen LogP contribution in [0.2, 0.25) is 0 Å². The maximum absolute atomic E-state index is 11.3. The van der Waals surface area contributed by atoms with E-state index >= 15 is 0 Å². The van der Waals surface area contributed by atoms with Crippen LogP contribution < -0.4 is 0 Å². The lowest BCUT2D eigenvalue weighted by molar-refractivity contribution is -0.171. The first-order valence-corrected chi connectivity index (χ1v) is 5.14. The van der Waals surface area contributed by atoms with Crippen molar-refractivity contribution in [1.29, 1.82) is 0 Å². The summed E-state index contributed by atoms with van der Waals surface area (Å²) in [5, 5.41) is 0. The lowest BCUT2D eigenvalue weighted by atomic mass is 10.3. The van der Waals surface area contributed by atoms with Gasteiger partial charge in [0.25, 0.3) is 6.10 Å². The first kappa shape index (κ1) is 14.6. The molecule has 5 heteroatoms. The molecule has 0 spiro atoms. The van der Waals surface area contributed by atoms with E-state index in [0.29, 0.717) is 6.42 Å². The highest BCUT2D eigenvalue weighted by atomic mass is 16.6. The van der Waals surface area contributed by atoms with Gasteiger partial charge in [0, 0.05) is 6.61 Å². The Bertz CT molecular complexity index is 237. The first-order valence-electron chi connectivity index (χ1n) is 5.14. The average Bonchev–Trinajstić information content (AvgIpc) is 2.28. The van der Waals surface area contributed by atoms with Crippen molar-refractivity contribution in [2.75, 3.05) is 20.3 Å². The Kier molecular flexibility index (Phi) is 8.15. The van der Waals surface area contributed by atoms with Crippen LogP contribution in [0.4, 0.5) is 0 Å². The van der Waals surface area contributed by atoms with Crippen LogP contribution >= 0.6 is 0 Å². The number of unbranched alkanes of at least 4 members (excludes halogenated alkanes) is 1. The standard InChI is InChI=1S/C11H18O5/c1-4-6-7-8-16-9(10(12)14-3)11(13)15-5-2/h4,9H,1,5-8H2,2-3H3. The fourth-order valence-corrected chi connectivity index (χ4v) is 0.986.